The number of para-hydroxylation sites is 2. The van der Waals surface area contributed by atoms with Gasteiger partial charge in [-0.25, -0.2) is 9.78 Å². The number of imidazole rings is 1. The minimum absolute atomic E-state index is 0.400. The van der Waals surface area contributed by atoms with Gasteiger partial charge in [-0.1, -0.05) is 12.1 Å². The van der Waals surface area contributed by atoms with Gasteiger partial charge in [0.2, 0.25) is 0 Å². The summed E-state index contributed by atoms with van der Waals surface area (Å²) in [7, 11) is 2.89. The highest BCUT2D eigenvalue weighted by molar-refractivity contribution is 7.16. The Morgan fingerprint density at radius 1 is 1.30 bits per heavy atom. The summed E-state index contributed by atoms with van der Waals surface area (Å²) >= 11 is 1.31. The highest BCUT2D eigenvalue weighted by atomic mass is 32.1. The third-order valence-corrected chi connectivity index (χ3v) is 4.06. The summed E-state index contributed by atoms with van der Waals surface area (Å²) in [4.78, 5) is 16.5. The van der Waals surface area contributed by atoms with E-state index in [1.807, 2.05) is 34.9 Å². The lowest BCUT2D eigenvalue weighted by Gasteiger charge is -1.98. The summed E-state index contributed by atoms with van der Waals surface area (Å²) in [6.07, 6.45) is 1.73. The SMILES string of the molecule is COC(=O)c1sc(-n2cnc3ccccc32)cc1OC. The van der Waals surface area contributed by atoms with Gasteiger partial charge in [-0.05, 0) is 12.1 Å². The molecule has 3 aromatic rings. The number of benzene rings is 1. The third kappa shape index (κ3) is 1.94. The van der Waals surface area contributed by atoms with Crippen molar-refractivity contribution in [3.05, 3.63) is 41.5 Å². The zero-order valence-corrected chi connectivity index (χ0v) is 11.8. The van der Waals surface area contributed by atoms with Crippen molar-refractivity contribution in [1.82, 2.24) is 9.55 Å². The van der Waals surface area contributed by atoms with Gasteiger partial charge in [0.15, 0.2) is 4.88 Å². The highest BCUT2D eigenvalue weighted by Gasteiger charge is 2.19. The molecule has 0 radical (unpaired) electrons. The molecule has 0 amide bonds. The first-order valence-electron chi connectivity index (χ1n) is 5.93. The van der Waals surface area contributed by atoms with Crippen LogP contribution in [0.5, 0.6) is 5.75 Å². The zero-order chi connectivity index (χ0) is 14.1. The van der Waals surface area contributed by atoms with Crippen LogP contribution in [0.1, 0.15) is 9.67 Å². The number of esters is 1. The maximum Gasteiger partial charge on any atom is 0.351 e. The summed E-state index contributed by atoms with van der Waals surface area (Å²) in [5.74, 6) is 0.108. The molecule has 0 aliphatic heterocycles. The van der Waals surface area contributed by atoms with Crippen molar-refractivity contribution in [2.24, 2.45) is 0 Å². The Morgan fingerprint density at radius 3 is 2.85 bits per heavy atom. The Balaban J connectivity index is 2.15. The van der Waals surface area contributed by atoms with Crippen LogP contribution >= 0.6 is 11.3 Å². The number of hydrogen-bond donors (Lipinski definition) is 0. The molecule has 0 aliphatic rings. The van der Waals surface area contributed by atoms with Gasteiger partial charge in [0.1, 0.15) is 17.1 Å². The molecule has 0 aliphatic carbocycles. The van der Waals surface area contributed by atoms with Gasteiger partial charge in [-0.15, -0.1) is 11.3 Å². The molecule has 2 heterocycles. The van der Waals surface area contributed by atoms with Crippen LogP contribution < -0.4 is 4.74 Å². The number of ether oxygens (including phenoxy) is 2. The molecule has 5 nitrogen and oxygen atoms in total. The third-order valence-electron chi connectivity index (χ3n) is 2.97. The Kier molecular flexibility index (Phi) is 3.15. The van der Waals surface area contributed by atoms with Crippen molar-refractivity contribution in [2.75, 3.05) is 14.2 Å². The highest BCUT2D eigenvalue weighted by Crippen LogP contribution is 2.33. The van der Waals surface area contributed by atoms with Gasteiger partial charge in [-0.3, -0.25) is 4.57 Å². The summed E-state index contributed by atoms with van der Waals surface area (Å²) in [5, 5.41) is 0.857. The van der Waals surface area contributed by atoms with E-state index in [0.29, 0.717) is 10.6 Å². The van der Waals surface area contributed by atoms with Crippen LogP contribution in [0, 0.1) is 0 Å². The summed E-state index contributed by atoms with van der Waals surface area (Å²) in [5.41, 5.74) is 1.88. The van der Waals surface area contributed by atoms with Gasteiger partial charge < -0.3 is 9.47 Å². The number of carbonyl (C=O) groups excluding carboxylic acids is 1. The van der Waals surface area contributed by atoms with Crippen molar-refractivity contribution < 1.29 is 14.3 Å². The molecule has 0 bridgehead atoms. The van der Waals surface area contributed by atoms with Crippen LogP contribution in [0.2, 0.25) is 0 Å². The maximum absolute atomic E-state index is 11.7. The van der Waals surface area contributed by atoms with E-state index in [9.17, 15) is 4.79 Å². The second kappa shape index (κ2) is 4.97. The average molecular weight is 288 g/mol. The number of hydrogen-bond acceptors (Lipinski definition) is 5. The molecule has 0 saturated carbocycles. The smallest absolute Gasteiger partial charge is 0.351 e. The predicted molar refractivity (Wildman–Crippen MR) is 76.8 cm³/mol. The van der Waals surface area contributed by atoms with E-state index in [1.165, 1.54) is 25.6 Å². The second-order valence-corrected chi connectivity index (χ2v) is 5.11. The van der Waals surface area contributed by atoms with Crippen LogP contribution in [-0.4, -0.2) is 29.7 Å². The summed E-state index contributed by atoms with van der Waals surface area (Å²) < 4.78 is 11.9. The Labute approximate surface area is 119 Å². The standard InChI is InChI=1S/C14H12N2O3S/c1-18-11-7-12(20-13(11)14(17)19-2)16-8-15-9-5-3-4-6-10(9)16/h3-8H,1-2H3. The maximum atomic E-state index is 11.7. The van der Waals surface area contributed by atoms with E-state index in [1.54, 1.807) is 6.33 Å². The lowest BCUT2D eigenvalue weighted by atomic mass is 10.3. The molecule has 0 spiro atoms. The first-order valence-corrected chi connectivity index (χ1v) is 6.75. The molecular formula is C14H12N2O3S. The molecule has 0 N–H and O–H groups in total. The minimum atomic E-state index is -0.400. The topological polar surface area (TPSA) is 53.4 Å². The second-order valence-electron chi connectivity index (χ2n) is 4.08. The van der Waals surface area contributed by atoms with Gasteiger partial charge in [-0.2, -0.15) is 0 Å². The number of nitrogens with zero attached hydrogens (tertiary/aromatic N) is 2. The fraction of sp³-hybridized carbons (Fsp3) is 0.143. The molecule has 0 unspecified atom stereocenters. The molecule has 0 atom stereocenters. The average Bonchev–Trinajstić information content (AvgIpc) is 3.09. The molecule has 20 heavy (non-hydrogen) atoms. The largest absolute Gasteiger partial charge is 0.495 e. The Morgan fingerprint density at radius 2 is 2.10 bits per heavy atom. The Hall–Kier alpha value is -2.34. The first-order chi connectivity index (χ1) is 9.74. The summed E-state index contributed by atoms with van der Waals surface area (Å²) in [6, 6.07) is 9.62. The Bertz CT molecular complexity index is 776. The van der Waals surface area contributed by atoms with Crippen LogP contribution in [0.15, 0.2) is 36.7 Å². The van der Waals surface area contributed by atoms with Crippen molar-refractivity contribution in [2.45, 2.75) is 0 Å². The number of fused-ring (bicyclic) bond motifs is 1. The number of thiophene rings is 1. The number of methoxy groups -OCH3 is 2. The predicted octanol–water partition coefficient (Wildman–Crippen LogP) is 2.88. The van der Waals surface area contributed by atoms with Crippen molar-refractivity contribution in [1.29, 1.82) is 0 Å². The molecule has 3 rings (SSSR count). The molecule has 102 valence electrons. The van der Waals surface area contributed by atoms with E-state index >= 15 is 0 Å². The minimum Gasteiger partial charge on any atom is -0.495 e. The lowest BCUT2D eigenvalue weighted by Crippen LogP contribution is -1.99. The summed E-state index contributed by atoms with van der Waals surface area (Å²) in [6.45, 7) is 0. The van der Waals surface area contributed by atoms with E-state index in [2.05, 4.69) is 4.98 Å². The molecule has 0 fully saturated rings. The lowest BCUT2D eigenvalue weighted by molar-refractivity contribution is 0.0603. The van der Waals surface area contributed by atoms with Crippen molar-refractivity contribution >= 4 is 28.3 Å². The number of rotatable bonds is 3. The first kappa shape index (κ1) is 12.7. The van der Waals surface area contributed by atoms with Gasteiger partial charge >= 0.3 is 5.97 Å². The van der Waals surface area contributed by atoms with Crippen LogP contribution in [0.3, 0.4) is 0 Å². The van der Waals surface area contributed by atoms with Gasteiger partial charge in [0, 0.05) is 6.07 Å². The quantitative estimate of drug-likeness (QED) is 0.695. The number of aromatic nitrogens is 2. The van der Waals surface area contributed by atoms with Crippen LogP contribution in [0.25, 0.3) is 16.0 Å². The van der Waals surface area contributed by atoms with Crippen molar-refractivity contribution in [3.8, 4) is 10.8 Å². The van der Waals surface area contributed by atoms with Crippen LogP contribution in [-0.2, 0) is 4.74 Å². The van der Waals surface area contributed by atoms with Crippen molar-refractivity contribution in [3.63, 3.8) is 0 Å². The van der Waals surface area contributed by atoms with Gasteiger partial charge in [0.05, 0.1) is 25.3 Å². The van der Waals surface area contributed by atoms with Crippen LogP contribution in [0.4, 0.5) is 0 Å². The van der Waals surface area contributed by atoms with E-state index in [4.69, 9.17) is 9.47 Å². The molecule has 1 aromatic carbocycles. The van der Waals surface area contributed by atoms with E-state index in [0.717, 1.165) is 16.0 Å². The number of carbonyl (C=O) groups is 1. The molecule has 0 saturated heterocycles. The fourth-order valence-corrected chi connectivity index (χ4v) is 3.03. The molecule has 2 aromatic heterocycles. The monoisotopic (exact) mass is 288 g/mol. The fourth-order valence-electron chi connectivity index (χ4n) is 2.00. The molecular weight excluding hydrogens is 276 g/mol. The zero-order valence-electron chi connectivity index (χ0n) is 11.0. The van der Waals surface area contributed by atoms with E-state index < -0.39 is 5.97 Å². The molecule has 6 heteroatoms. The van der Waals surface area contributed by atoms with E-state index in [-0.39, 0.29) is 0 Å². The van der Waals surface area contributed by atoms with Gasteiger partial charge in [0.25, 0.3) is 0 Å². The normalized spacial score (nSPS) is 10.7.